The number of para-hydroxylation sites is 1. The second-order valence-corrected chi connectivity index (χ2v) is 8.39. The minimum atomic E-state index is -3.98. The van der Waals surface area contributed by atoms with Crippen LogP contribution in [0.5, 0.6) is 0 Å². The van der Waals surface area contributed by atoms with Crippen LogP contribution in [0, 0.1) is 0 Å². The highest BCUT2D eigenvalue weighted by Crippen LogP contribution is 2.20. The molecule has 0 atom stereocenters. The van der Waals surface area contributed by atoms with Crippen LogP contribution >= 0.6 is 0 Å². The molecule has 0 radical (unpaired) electrons. The number of hydrogen-bond donors (Lipinski definition) is 1. The number of benzene rings is 2. The number of anilines is 1. The van der Waals surface area contributed by atoms with Crippen molar-refractivity contribution in [3.05, 3.63) is 58.5 Å². The Balaban J connectivity index is 1.88. The van der Waals surface area contributed by atoms with Crippen molar-refractivity contribution in [2.45, 2.75) is 4.90 Å². The summed E-state index contributed by atoms with van der Waals surface area (Å²) in [4.78, 5) is 36.1. The van der Waals surface area contributed by atoms with Crippen LogP contribution in [-0.4, -0.2) is 42.3 Å². The van der Waals surface area contributed by atoms with E-state index in [0.717, 1.165) is 0 Å². The number of amides is 1. The Labute approximate surface area is 166 Å². The molecule has 3 aromatic rings. The lowest BCUT2D eigenvalue weighted by Gasteiger charge is -2.10. The maximum atomic E-state index is 12.7. The summed E-state index contributed by atoms with van der Waals surface area (Å²) in [5.41, 5.74) is 0.997. The van der Waals surface area contributed by atoms with Gasteiger partial charge >= 0.3 is 11.7 Å². The summed E-state index contributed by atoms with van der Waals surface area (Å²) in [7, 11) is 0.351. The SMILES string of the molecule is COC(=O)c1ccccc1NC(=O)CS(=O)(=O)c1ccc2c(c1)n(C)c(=O)n2C. The first-order valence-electron chi connectivity index (χ1n) is 8.51. The number of sulfone groups is 1. The fraction of sp³-hybridized carbons (Fsp3) is 0.211. The Kier molecular flexibility index (Phi) is 5.29. The van der Waals surface area contributed by atoms with Gasteiger partial charge in [0, 0.05) is 14.1 Å². The van der Waals surface area contributed by atoms with Crippen molar-refractivity contribution in [3.8, 4) is 0 Å². The number of esters is 1. The number of nitrogens with one attached hydrogen (secondary N) is 1. The van der Waals surface area contributed by atoms with Gasteiger partial charge in [-0.05, 0) is 30.3 Å². The summed E-state index contributed by atoms with van der Waals surface area (Å²) in [6.45, 7) is 0. The first-order chi connectivity index (χ1) is 13.7. The Morgan fingerprint density at radius 1 is 1.03 bits per heavy atom. The molecule has 0 unspecified atom stereocenters. The number of rotatable bonds is 5. The van der Waals surface area contributed by atoms with Gasteiger partial charge in [-0.3, -0.25) is 13.9 Å². The van der Waals surface area contributed by atoms with Crippen molar-refractivity contribution in [3.63, 3.8) is 0 Å². The third-order valence-electron chi connectivity index (χ3n) is 4.53. The molecule has 2 aromatic carbocycles. The van der Waals surface area contributed by atoms with Crippen molar-refractivity contribution in [1.82, 2.24) is 9.13 Å². The molecule has 0 aliphatic carbocycles. The maximum absolute atomic E-state index is 12.7. The van der Waals surface area contributed by atoms with Gasteiger partial charge in [0.05, 0.1) is 34.3 Å². The molecule has 1 N–H and O–H groups in total. The van der Waals surface area contributed by atoms with Crippen LogP contribution in [0.3, 0.4) is 0 Å². The lowest BCUT2D eigenvalue weighted by Crippen LogP contribution is -2.24. The van der Waals surface area contributed by atoms with Gasteiger partial charge in [-0.2, -0.15) is 0 Å². The zero-order chi connectivity index (χ0) is 21.3. The number of methoxy groups -OCH3 is 1. The topological polar surface area (TPSA) is 116 Å². The molecule has 0 saturated heterocycles. The Hall–Kier alpha value is -3.40. The van der Waals surface area contributed by atoms with Crippen molar-refractivity contribution in [1.29, 1.82) is 0 Å². The van der Waals surface area contributed by atoms with Gasteiger partial charge in [0.25, 0.3) is 0 Å². The Bertz CT molecular complexity index is 1290. The summed E-state index contributed by atoms with van der Waals surface area (Å²) in [6, 6.07) is 10.4. The first kappa shape index (κ1) is 20.3. The summed E-state index contributed by atoms with van der Waals surface area (Å²) in [6.07, 6.45) is 0. The number of carbonyl (C=O) groups excluding carboxylic acids is 2. The van der Waals surface area contributed by atoms with E-state index in [1.807, 2.05) is 0 Å². The van der Waals surface area contributed by atoms with E-state index in [2.05, 4.69) is 10.1 Å². The third kappa shape index (κ3) is 3.79. The zero-order valence-electron chi connectivity index (χ0n) is 16.0. The highest BCUT2D eigenvalue weighted by atomic mass is 32.2. The van der Waals surface area contributed by atoms with E-state index in [4.69, 9.17) is 0 Å². The Morgan fingerprint density at radius 2 is 1.69 bits per heavy atom. The molecule has 1 aromatic heterocycles. The van der Waals surface area contributed by atoms with Gasteiger partial charge < -0.3 is 10.1 Å². The first-order valence-corrected chi connectivity index (χ1v) is 10.2. The smallest absolute Gasteiger partial charge is 0.339 e. The van der Waals surface area contributed by atoms with E-state index in [-0.39, 0.29) is 21.8 Å². The van der Waals surface area contributed by atoms with E-state index in [1.54, 1.807) is 19.2 Å². The minimum absolute atomic E-state index is 0.0809. The van der Waals surface area contributed by atoms with E-state index < -0.39 is 27.5 Å². The van der Waals surface area contributed by atoms with E-state index in [0.29, 0.717) is 11.0 Å². The van der Waals surface area contributed by atoms with Crippen LogP contribution < -0.4 is 11.0 Å². The zero-order valence-corrected chi connectivity index (χ0v) is 16.8. The van der Waals surface area contributed by atoms with Gasteiger partial charge in [-0.25, -0.2) is 18.0 Å². The number of hydrogen-bond acceptors (Lipinski definition) is 6. The molecule has 10 heteroatoms. The van der Waals surface area contributed by atoms with Crippen LogP contribution in [0.2, 0.25) is 0 Å². The van der Waals surface area contributed by atoms with Crippen molar-refractivity contribution >= 4 is 38.4 Å². The van der Waals surface area contributed by atoms with Crippen molar-refractivity contribution in [2.24, 2.45) is 14.1 Å². The average molecular weight is 417 g/mol. The summed E-state index contributed by atoms with van der Waals surface area (Å²) in [5.74, 6) is -2.28. The molecular formula is C19H19N3O6S. The quantitative estimate of drug-likeness (QED) is 0.621. The predicted octanol–water partition coefficient (Wildman–Crippen LogP) is 1.08. The van der Waals surface area contributed by atoms with Gasteiger partial charge in [0.2, 0.25) is 5.91 Å². The molecule has 3 rings (SSSR count). The van der Waals surface area contributed by atoms with Gasteiger partial charge in [-0.1, -0.05) is 12.1 Å². The highest BCUT2D eigenvalue weighted by Gasteiger charge is 2.22. The van der Waals surface area contributed by atoms with Gasteiger partial charge in [0.1, 0.15) is 5.75 Å². The molecule has 152 valence electrons. The molecule has 0 saturated carbocycles. The summed E-state index contributed by atoms with van der Waals surface area (Å²) >= 11 is 0. The number of nitrogens with zero attached hydrogens (tertiary/aromatic N) is 2. The van der Waals surface area contributed by atoms with Crippen LogP contribution in [-0.2, 0) is 33.5 Å². The molecule has 0 aliphatic rings. The lowest BCUT2D eigenvalue weighted by molar-refractivity contribution is -0.113. The van der Waals surface area contributed by atoms with Crippen LogP contribution in [0.4, 0.5) is 5.69 Å². The fourth-order valence-corrected chi connectivity index (χ4v) is 4.15. The molecule has 0 fully saturated rings. The summed E-state index contributed by atoms with van der Waals surface area (Å²) in [5, 5.41) is 2.44. The van der Waals surface area contributed by atoms with Crippen molar-refractivity contribution < 1.29 is 22.7 Å². The third-order valence-corrected chi connectivity index (χ3v) is 6.14. The number of imidazole rings is 1. The van der Waals surface area contributed by atoms with E-state index in [9.17, 15) is 22.8 Å². The normalized spacial score (nSPS) is 11.4. The van der Waals surface area contributed by atoms with Crippen molar-refractivity contribution in [2.75, 3.05) is 18.2 Å². The standard InChI is InChI=1S/C19H19N3O6S/c1-21-15-9-8-12(10-16(15)22(2)19(21)25)29(26,27)11-17(23)20-14-7-5-4-6-13(14)18(24)28-3/h4-10H,11H2,1-3H3,(H,20,23). The number of aryl methyl sites for hydroxylation is 2. The fourth-order valence-electron chi connectivity index (χ4n) is 3.00. The molecule has 0 aliphatic heterocycles. The maximum Gasteiger partial charge on any atom is 0.339 e. The van der Waals surface area contributed by atoms with Gasteiger partial charge in [0.15, 0.2) is 9.84 Å². The van der Waals surface area contributed by atoms with E-state index in [1.165, 1.54) is 53.6 Å². The second-order valence-electron chi connectivity index (χ2n) is 6.40. The number of aromatic nitrogens is 2. The average Bonchev–Trinajstić information content (AvgIpc) is 2.91. The minimum Gasteiger partial charge on any atom is -0.465 e. The molecular weight excluding hydrogens is 398 g/mol. The number of fused-ring (bicyclic) bond motifs is 1. The molecule has 0 bridgehead atoms. The molecule has 29 heavy (non-hydrogen) atoms. The molecule has 1 amide bonds. The number of carbonyl (C=O) groups is 2. The summed E-state index contributed by atoms with van der Waals surface area (Å²) < 4.78 is 32.8. The van der Waals surface area contributed by atoms with Crippen LogP contribution in [0.1, 0.15) is 10.4 Å². The van der Waals surface area contributed by atoms with Crippen LogP contribution in [0.15, 0.2) is 52.2 Å². The lowest BCUT2D eigenvalue weighted by atomic mass is 10.2. The monoisotopic (exact) mass is 417 g/mol. The van der Waals surface area contributed by atoms with E-state index >= 15 is 0 Å². The second kappa shape index (κ2) is 7.55. The highest BCUT2D eigenvalue weighted by molar-refractivity contribution is 7.92. The molecule has 9 nitrogen and oxygen atoms in total. The number of ether oxygens (including phenoxy) is 1. The largest absolute Gasteiger partial charge is 0.465 e. The van der Waals surface area contributed by atoms with Crippen LogP contribution in [0.25, 0.3) is 11.0 Å². The Morgan fingerprint density at radius 3 is 2.38 bits per heavy atom. The molecule has 0 spiro atoms. The van der Waals surface area contributed by atoms with Gasteiger partial charge in [-0.15, -0.1) is 0 Å². The predicted molar refractivity (Wildman–Crippen MR) is 107 cm³/mol. The molecule has 1 heterocycles.